The highest BCUT2D eigenvalue weighted by molar-refractivity contribution is 5.85. The van der Waals surface area contributed by atoms with E-state index in [4.69, 9.17) is 14.9 Å². The molecule has 0 aliphatic carbocycles. The largest absolute Gasteiger partial charge is 0.497 e. The van der Waals surface area contributed by atoms with Crippen molar-refractivity contribution in [2.45, 2.75) is 44.7 Å². The van der Waals surface area contributed by atoms with Crippen molar-refractivity contribution in [1.82, 2.24) is 35.4 Å². The Balaban J connectivity index is 1.25. The van der Waals surface area contributed by atoms with E-state index >= 15 is 0 Å². The standard InChI is InChI=1S/C36H39N7O2/c1-45-28-12-10-24(11-13-28)23-43-34(15-14-32-29-7-3-2-6-26(29)21-38-32)41-42-35(43)33(40-36(44)25-16-18-37-19-17-25)20-27-22-39-31-9-5-4-8-30(27)31/h2-13,21-22,25,33,37-39H,14-20,23H2,1H3,(H,40,44)/t33-/m1/s1. The lowest BCUT2D eigenvalue weighted by Crippen LogP contribution is -2.41. The number of aryl methyl sites for hydroxylation is 2. The molecule has 1 fully saturated rings. The number of hydrogen-bond acceptors (Lipinski definition) is 5. The van der Waals surface area contributed by atoms with Crippen molar-refractivity contribution in [3.63, 3.8) is 0 Å². The van der Waals surface area contributed by atoms with Gasteiger partial charge in [-0.1, -0.05) is 54.6 Å². The number of para-hydroxylation sites is 1. The number of nitrogens with zero attached hydrogens (tertiary/aromatic N) is 3. The summed E-state index contributed by atoms with van der Waals surface area (Å²) >= 11 is 0. The van der Waals surface area contributed by atoms with Crippen LogP contribution >= 0.6 is 0 Å². The van der Waals surface area contributed by atoms with Crippen molar-refractivity contribution in [3.05, 3.63) is 114 Å². The van der Waals surface area contributed by atoms with Crippen molar-refractivity contribution >= 4 is 27.6 Å². The quantitative estimate of drug-likeness (QED) is 0.157. The van der Waals surface area contributed by atoms with Crippen LogP contribution in [-0.4, -0.2) is 50.8 Å². The summed E-state index contributed by atoms with van der Waals surface area (Å²) in [5, 5.41) is 20.0. The number of carbonyl (C=O) groups is 1. The fraction of sp³-hybridized carbons (Fsp3) is 0.306. The molecule has 1 atom stereocenters. The third kappa shape index (κ3) is 6.21. The first kappa shape index (κ1) is 28.9. The molecule has 6 aromatic rings. The predicted molar refractivity (Wildman–Crippen MR) is 176 cm³/mol. The minimum atomic E-state index is -0.350. The Morgan fingerprint density at radius 1 is 0.933 bits per heavy atom. The van der Waals surface area contributed by atoms with Gasteiger partial charge in [0.05, 0.1) is 19.7 Å². The fourth-order valence-electron chi connectivity index (χ4n) is 6.56. The minimum Gasteiger partial charge on any atom is -0.497 e. The normalized spacial score (nSPS) is 14.6. The number of H-pyrrole nitrogens is 2. The molecule has 0 bridgehead atoms. The summed E-state index contributed by atoms with van der Waals surface area (Å²) in [6.07, 6.45) is 7.88. The van der Waals surface area contributed by atoms with E-state index < -0.39 is 0 Å². The number of hydrogen-bond donors (Lipinski definition) is 4. The van der Waals surface area contributed by atoms with Gasteiger partial charge in [-0.05, 0) is 67.1 Å². The zero-order chi connectivity index (χ0) is 30.6. The average Bonchev–Trinajstić information content (AvgIpc) is 3.81. The van der Waals surface area contributed by atoms with Gasteiger partial charge in [0, 0.05) is 53.1 Å². The maximum atomic E-state index is 13.7. The molecule has 1 amide bonds. The second-order valence-electron chi connectivity index (χ2n) is 11.9. The second kappa shape index (κ2) is 13.0. The Morgan fingerprint density at radius 3 is 2.53 bits per heavy atom. The third-order valence-electron chi connectivity index (χ3n) is 9.08. The van der Waals surface area contributed by atoms with E-state index in [9.17, 15) is 4.79 Å². The number of ether oxygens (including phenoxy) is 1. The van der Waals surface area contributed by atoms with Crippen molar-refractivity contribution in [2.24, 2.45) is 5.92 Å². The summed E-state index contributed by atoms with van der Waals surface area (Å²) in [6, 6.07) is 24.5. The van der Waals surface area contributed by atoms with Gasteiger partial charge < -0.3 is 29.9 Å². The third-order valence-corrected chi connectivity index (χ3v) is 9.08. The van der Waals surface area contributed by atoms with Gasteiger partial charge in [0.25, 0.3) is 0 Å². The molecule has 0 unspecified atom stereocenters. The van der Waals surface area contributed by atoms with Gasteiger partial charge in [0.2, 0.25) is 5.91 Å². The highest BCUT2D eigenvalue weighted by Crippen LogP contribution is 2.27. The van der Waals surface area contributed by atoms with E-state index in [2.05, 4.69) is 92.2 Å². The van der Waals surface area contributed by atoms with Gasteiger partial charge in [-0.3, -0.25) is 4.79 Å². The molecular weight excluding hydrogens is 562 g/mol. The van der Waals surface area contributed by atoms with Crippen molar-refractivity contribution in [2.75, 3.05) is 20.2 Å². The topological polar surface area (TPSA) is 113 Å². The number of benzene rings is 3. The molecule has 0 spiro atoms. The number of rotatable bonds is 11. The first-order chi connectivity index (χ1) is 22.2. The van der Waals surface area contributed by atoms with Crippen molar-refractivity contribution in [1.29, 1.82) is 0 Å². The van der Waals surface area contributed by atoms with Gasteiger partial charge >= 0.3 is 0 Å². The molecule has 1 aliphatic rings. The number of fused-ring (bicyclic) bond motifs is 2. The molecule has 0 radical (unpaired) electrons. The lowest BCUT2D eigenvalue weighted by atomic mass is 9.96. The van der Waals surface area contributed by atoms with Gasteiger partial charge in [-0.15, -0.1) is 10.2 Å². The number of carbonyl (C=O) groups excluding carboxylic acids is 1. The zero-order valence-electron chi connectivity index (χ0n) is 25.6. The number of piperidine rings is 1. The fourth-order valence-corrected chi connectivity index (χ4v) is 6.56. The number of aromatic nitrogens is 5. The molecule has 0 saturated carbocycles. The SMILES string of the molecule is COc1ccc(Cn2c(CCc3[nH]cc4ccccc34)nnc2[C@@H](Cc2c[nH]c3ccccc23)NC(=O)C2CCNCC2)cc1. The molecule has 4 heterocycles. The first-order valence-electron chi connectivity index (χ1n) is 15.8. The Hall–Kier alpha value is -4.89. The average molecular weight is 602 g/mol. The van der Waals surface area contributed by atoms with Crippen LogP contribution in [0, 0.1) is 5.92 Å². The van der Waals surface area contributed by atoms with Gasteiger partial charge in [-0.25, -0.2) is 0 Å². The second-order valence-corrected chi connectivity index (χ2v) is 11.9. The Bertz CT molecular complexity index is 1900. The first-order valence-corrected chi connectivity index (χ1v) is 15.8. The molecule has 1 saturated heterocycles. The van der Waals surface area contributed by atoms with Crippen LogP contribution in [0.25, 0.3) is 21.7 Å². The molecule has 4 N–H and O–H groups in total. The number of amides is 1. The van der Waals surface area contributed by atoms with E-state index in [1.165, 1.54) is 16.5 Å². The number of nitrogens with one attached hydrogen (secondary N) is 4. The van der Waals surface area contributed by atoms with E-state index in [1.807, 2.05) is 18.2 Å². The van der Waals surface area contributed by atoms with Crippen LogP contribution < -0.4 is 15.4 Å². The maximum Gasteiger partial charge on any atom is 0.223 e. The lowest BCUT2D eigenvalue weighted by Gasteiger charge is -2.26. The van der Waals surface area contributed by atoms with E-state index in [1.54, 1.807) is 7.11 Å². The summed E-state index contributed by atoms with van der Waals surface area (Å²) in [4.78, 5) is 20.6. The molecule has 9 nitrogen and oxygen atoms in total. The van der Waals surface area contributed by atoms with Gasteiger partial charge in [0.15, 0.2) is 5.82 Å². The summed E-state index contributed by atoms with van der Waals surface area (Å²) in [7, 11) is 1.68. The van der Waals surface area contributed by atoms with Crippen molar-refractivity contribution in [3.8, 4) is 5.75 Å². The van der Waals surface area contributed by atoms with Crippen LogP contribution in [0.3, 0.4) is 0 Å². The van der Waals surface area contributed by atoms with Crippen LogP contribution in [0.2, 0.25) is 0 Å². The van der Waals surface area contributed by atoms with Gasteiger partial charge in [-0.2, -0.15) is 0 Å². The highest BCUT2D eigenvalue weighted by atomic mass is 16.5. The molecule has 3 aromatic heterocycles. The van der Waals surface area contributed by atoms with E-state index in [-0.39, 0.29) is 17.9 Å². The number of aromatic amines is 2. The number of methoxy groups -OCH3 is 1. The van der Waals surface area contributed by atoms with Crippen LogP contribution in [0.15, 0.2) is 85.2 Å². The molecular formula is C36H39N7O2. The predicted octanol–water partition coefficient (Wildman–Crippen LogP) is 5.48. The van der Waals surface area contributed by atoms with Crippen LogP contribution in [0.1, 0.15) is 47.4 Å². The van der Waals surface area contributed by atoms with Gasteiger partial charge in [0.1, 0.15) is 11.6 Å². The lowest BCUT2D eigenvalue weighted by molar-refractivity contribution is -0.126. The van der Waals surface area contributed by atoms with Crippen LogP contribution in [0.5, 0.6) is 5.75 Å². The van der Waals surface area contributed by atoms with E-state index in [0.717, 1.165) is 71.8 Å². The Kier molecular flexibility index (Phi) is 8.33. The molecule has 7 rings (SSSR count). The molecule has 9 heteroatoms. The highest BCUT2D eigenvalue weighted by Gasteiger charge is 2.28. The zero-order valence-corrected chi connectivity index (χ0v) is 25.6. The molecule has 230 valence electrons. The minimum absolute atomic E-state index is 0.0182. The Morgan fingerprint density at radius 2 is 1.71 bits per heavy atom. The maximum absolute atomic E-state index is 13.7. The summed E-state index contributed by atoms with van der Waals surface area (Å²) in [5.41, 5.74) is 4.51. The van der Waals surface area contributed by atoms with Crippen LogP contribution in [-0.2, 0) is 30.6 Å². The van der Waals surface area contributed by atoms with E-state index in [0.29, 0.717) is 19.4 Å². The molecule has 3 aromatic carbocycles. The summed E-state index contributed by atoms with van der Waals surface area (Å²) in [6.45, 7) is 2.30. The summed E-state index contributed by atoms with van der Waals surface area (Å²) < 4.78 is 7.61. The smallest absolute Gasteiger partial charge is 0.223 e. The van der Waals surface area contributed by atoms with Crippen molar-refractivity contribution < 1.29 is 9.53 Å². The Labute approximate surface area is 262 Å². The molecule has 45 heavy (non-hydrogen) atoms. The molecule has 1 aliphatic heterocycles. The summed E-state index contributed by atoms with van der Waals surface area (Å²) in [5.74, 6) is 2.53. The van der Waals surface area contributed by atoms with Crippen LogP contribution in [0.4, 0.5) is 0 Å². The monoisotopic (exact) mass is 601 g/mol.